The molecule has 0 aliphatic carbocycles. The Kier molecular flexibility index (Phi) is 4.49. The van der Waals surface area contributed by atoms with Crippen molar-refractivity contribution in [2.24, 2.45) is 0 Å². The van der Waals surface area contributed by atoms with E-state index in [1.807, 2.05) is 0 Å². The third-order valence-electron chi connectivity index (χ3n) is 1.94. The molecule has 1 heterocycles. The minimum atomic E-state index is -0.441. The van der Waals surface area contributed by atoms with Crippen molar-refractivity contribution in [3.8, 4) is 17.8 Å². The average molecular weight is 349 g/mol. The van der Waals surface area contributed by atoms with Crippen molar-refractivity contribution >= 4 is 27.5 Å². The molecule has 2 rings (SSSR count). The van der Waals surface area contributed by atoms with Crippen molar-refractivity contribution in [1.82, 2.24) is 15.0 Å². The van der Waals surface area contributed by atoms with Gasteiger partial charge in [-0.3, -0.25) is 0 Å². The lowest BCUT2D eigenvalue weighted by Crippen LogP contribution is -2.01. The van der Waals surface area contributed by atoms with Crippen LogP contribution in [0.25, 0.3) is 0 Å². The molecule has 100 valence electrons. The molecule has 19 heavy (non-hydrogen) atoms. The molecule has 2 aromatic rings. The third-order valence-corrected chi connectivity index (χ3v) is 2.76. The number of hydrogen-bond acceptors (Lipinski definition) is 5. The van der Waals surface area contributed by atoms with Crippen LogP contribution < -0.4 is 9.47 Å². The molecule has 0 unspecified atom stereocenters. The summed E-state index contributed by atoms with van der Waals surface area (Å²) in [5.41, 5.74) is 0. The summed E-state index contributed by atoms with van der Waals surface area (Å²) in [7, 11) is 0. The van der Waals surface area contributed by atoms with Crippen LogP contribution in [0.1, 0.15) is 6.92 Å². The zero-order valence-electron chi connectivity index (χ0n) is 9.73. The summed E-state index contributed by atoms with van der Waals surface area (Å²) in [5, 5.41) is -0.0685. The minimum Gasteiger partial charge on any atom is -0.464 e. The predicted octanol–water partition coefficient (Wildman–Crippen LogP) is 3.62. The van der Waals surface area contributed by atoms with E-state index >= 15 is 0 Å². The Balaban J connectivity index is 2.29. The minimum absolute atomic E-state index is 0.0463. The van der Waals surface area contributed by atoms with E-state index in [1.165, 1.54) is 18.2 Å². The Bertz CT molecular complexity index is 600. The highest BCUT2D eigenvalue weighted by atomic mass is 79.9. The van der Waals surface area contributed by atoms with Crippen LogP contribution in [0.5, 0.6) is 17.8 Å². The second kappa shape index (κ2) is 6.12. The van der Waals surface area contributed by atoms with E-state index in [1.54, 1.807) is 6.92 Å². The van der Waals surface area contributed by atoms with E-state index in [0.717, 1.165) is 0 Å². The number of aromatic nitrogens is 3. The van der Waals surface area contributed by atoms with Gasteiger partial charge < -0.3 is 9.47 Å². The number of nitrogens with zero attached hydrogens (tertiary/aromatic N) is 3. The molecule has 8 heteroatoms. The summed E-state index contributed by atoms with van der Waals surface area (Å²) in [6.45, 7) is 2.16. The first-order valence-corrected chi connectivity index (χ1v) is 6.43. The number of benzene rings is 1. The van der Waals surface area contributed by atoms with Crippen LogP contribution >= 0.6 is 27.5 Å². The third kappa shape index (κ3) is 3.74. The van der Waals surface area contributed by atoms with Gasteiger partial charge in [0.1, 0.15) is 11.6 Å². The molecule has 0 aliphatic heterocycles. The van der Waals surface area contributed by atoms with Gasteiger partial charge in [-0.05, 0) is 46.6 Å². The van der Waals surface area contributed by atoms with Gasteiger partial charge in [-0.25, -0.2) is 4.39 Å². The van der Waals surface area contributed by atoms with Gasteiger partial charge >= 0.3 is 12.0 Å². The zero-order chi connectivity index (χ0) is 13.8. The van der Waals surface area contributed by atoms with E-state index < -0.39 is 5.82 Å². The molecule has 0 bridgehead atoms. The van der Waals surface area contributed by atoms with Gasteiger partial charge in [-0.1, -0.05) is 0 Å². The molecule has 0 N–H and O–H groups in total. The van der Waals surface area contributed by atoms with E-state index in [2.05, 4.69) is 30.9 Å². The lowest BCUT2D eigenvalue weighted by molar-refractivity contribution is 0.303. The maximum Gasteiger partial charge on any atom is 0.329 e. The molecule has 5 nitrogen and oxygen atoms in total. The van der Waals surface area contributed by atoms with Gasteiger partial charge in [0.15, 0.2) is 0 Å². The Morgan fingerprint density at radius 3 is 2.74 bits per heavy atom. The molecule has 0 aliphatic rings. The van der Waals surface area contributed by atoms with Crippen molar-refractivity contribution in [3.05, 3.63) is 33.8 Å². The Labute approximate surface area is 121 Å². The second-order valence-electron chi connectivity index (χ2n) is 3.28. The van der Waals surface area contributed by atoms with Gasteiger partial charge in [-0.2, -0.15) is 9.97 Å². The molecule has 1 aromatic heterocycles. The predicted molar refractivity (Wildman–Crippen MR) is 70.2 cm³/mol. The normalized spacial score (nSPS) is 10.3. The molecular weight excluding hydrogens is 340 g/mol. The summed E-state index contributed by atoms with van der Waals surface area (Å²) in [4.78, 5) is 11.4. The Morgan fingerprint density at radius 1 is 1.26 bits per heavy atom. The van der Waals surface area contributed by atoms with Crippen LogP contribution in [-0.4, -0.2) is 21.6 Å². The van der Waals surface area contributed by atoms with Crippen LogP contribution in [0.4, 0.5) is 4.39 Å². The first kappa shape index (κ1) is 14.0. The van der Waals surface area contributed by atoms with Gasteiger partial charge in [0.05, 0.1) is 11.1 Å². The smallest absolute Gasteiger partial charge is 0.329 e. The monoisotopic (exact) mass is 347 g/mol. The Hall–Kier alpha value is -1.47. The van der Waals surface area contributed by atoms with Crippen molar-refractivity contribution in [2.45, 2.75) is 6.92 Å². The molecule has 0 fully saturated rings. The van der Waals surface area contributed by atoms with Crippen LogP contribution in [0.2, 0.25) is 5.28 Å². The molecular formula is C11H8BrClFN3O2. The maximum absolute atomic E-state index is 13.1. The van der Waals surface area contributed by atoms with Gasteiger partial charge in [-0.15, -0.1) is 4.98 Å². The standard InChI is InChI=1S/C11H8BrClFN3O2/c1-2-18-10-15-9(13)16-11(17-10)19-8-5-6(14)3-4-7(8)12/h3-5H,2H2,1H3. The van der Waals surface area contributed by atoms with Gasteiger partial charge in [0.25, 0.3) is 0 Å². The van der Waals surface area contributed by atoms with Crippen LogP contribution in [0.15, 0.2) is 22.7 Å². The first-order valence-electron chi connectivity index (χ1n) is 5.25. The molecule has 1 aromatic carbocycles. The highest BCUT2D eigenvalue weighted by Gasteiger charge is 2.10. The quantitative estimate of drug-likeness (QED) is 0.844. The summed E-state index contributed by atoms with van der Waals surface area (Å²) in [6, 6.07) is 3.97. The zero-order valence-corrected chi connectivity index (χ0v) is 12.1. The van der Waals surface area contributed by atoms with E-state index in [0.29, 0.717) is 11.1 Å². The highest BCUT2D eigenvalue weighted by molar-refractivity contribution is 9.10. The topological polar surface area (TPSA) is 57.1 Å². The van der Waals surface area contributed by atoms with E-state index in [-0.39, 0.29) is 23.1 Å². The van der Waals surface area contributed by atoms with Crippen LogP contribution in [-0.2, 0) is 0 Å². The van der Waals surface area contributed by atoms with Crippen LogP contribution in [0, 0.1) is 5.82 Å². The number of hydrogen-bond donors (Lipinski definition) is 0. The average Bonchev–Trinajstić information content (AvgIpc) is 2.33. The molecule has 0 saturated carbocycles. The molecule has 0 atom stereocenters. The fraction of sp³-hybridized carbons (Fsp3) is 0.182. The number of rotatable bonds is 4. The Morgan fingerprint density at radius 2 is 2.00 bits per heavy atom. The van der Waals surface area contributed by atoms with Gasteiger partial charge in [0.2, 0.25) is 5.28 Å². The highest BCUT2D eigenvalue weighted by Crippen LogP contribution is 2.29. The number of ether oxygens (including phenoxy) is 2. The van der Waals surface area contributed by atoms with E-state index in [9.17, 15) is 4.39 Å². The lowest BCUT2D eigenvalue weighted by Gasteiger charge is -2.07. The molecule has 0 amide bonds. The first-order chi connectivity index (χ1) is 9.08. The summed E-state index contributed by atoms with van der Waals surface area (Å²) in [5.74, 6) is -0.215. The van der Waals surface area contributed by atoms with Crippen molar-refractivity contribution in [3.63, 3.8) is 0 Å². The maximum atomic E-state index is 13.1. The summed E-state index contributed by atoms with van der Waals surface area (Å²) >= 11 is 8.94. The summed E-state index contributed by atoms with van der Waals surface area (Å²) < 4.78 is 24.1. The van der Waals surface area contributed by atoms with E-state index in [4.69, 9.17) is 21.1 Å². The second-order valence-corrected chi connectivity index (χ2v) is 4.47. The van der Waals surface area contributed by atoms with Crippen LogP contribution in [0.3, 0.4) is 0 Å². The fourth-order valence-electron chi connectivity index (χ4n) is 1.21. The fourth-order valence-corrected chi connectivity index (χ4v) is 1.68. The summed E-state index contributed by atoms with van der Waals surface area (Å²) in [6.07, 6.45) is 0. The molecule has 0 radical (unpaired) electrons. The molecule has 0 spiro atoms. The number of halogens is 3. The van der Waals surface area contributed by atoms with Crippen molar-refractivity contribution in [2.75, 3.05) is 6.61 Å². The van der Waals surface area contributed by atoms with Gasteiger partial charge in [0, 0.05) is 6.07 Å². The van der Waals surface area contributed by atoms with Crippen molar-refractivity contribution < 1.29 is 13.9 Å². The molecule has 0 saturated heterocycles. The SMILES string of the molecule is CCOc1nc(Cl)nc(Oc2cc(F)ccc2Br)n1. The lowest BCUT2D eigenvalue weighted by atomic mass is 10.3. The largest absolute Gasteiger partial charge is 0.464 e. The van der Waals surface area contributed by atoms with Crippen molar-refractivity contribution in [1.29, 1.82) is 0 Å².